The van der Waals surface area contributed by atoms with E-state index in [1.54, 1.807) is 17.9 Å². The predicted octanol–water partition coefficient (Wildman–Crippen LogP) is 4.34. The van der Waals surface area contributed by atoms with Gasteiger partial charge >= 0.3 is 6.09 Å². The summed E-state index contributed by atoms with van der Waals surface area (Å²) in [5, 5.41) is 3.24. The van der Waals surface area contributed by atoms with Gasteiger partial charge in [-0.25, -0.2) is 9.18 Å². The molecule has 1 heterocycles. The van der Waals surface area contributed by atoms with Crippen LogP contribution in [0, 0.1) is 12.7 Å². The number of aryl methyl sites for hydroxylation is 1. The molecule has 1 aromatic rings. The molecule has 4 nitrogen and oxygen atoms in total. The Morgan fingerprint density at radius 2 is 2.13 bits per heavy atom. The first-order chi connectivity index (χ1) is 10.8. The van der Waals surface area contributed by atoms with Crippen molar-refractivity contribution in [3.63, 3.8) is 0 Å². The molecule has 1 fully saturated rings. The van der Waals surface area contributed by atoms with E-state index in [1.165, 1.54) is 6.07 Å². The molecule has 1 aliphatic heterocycles. The fourth-order valence-electron chi connectivity index (χ4n) is 2.71. The minimum Gasteiger partial charge on any atom is -0.444 e. The molecule has 1 aliphatic rings. The molecule has 0 aromatic heterocycles. The second kappa shape index (κ2) is 7.20. The lowest BCUT2D eigenvalue weighted by atomic mass is 10.0. The van der Waals surface area contributed by atoms with Gasteiger partial charge in [0.25, 0.3) is 0 Å². The molecule has 128 valence electrons. The Morgan fingerprint density at radius 1 is 1.39 bits per heavy atom. The van der Waals surface area contributed by atoms with Gasteiger partial charge in [-0.2, -0.15) is 0 Å². The fraction of sp³-hybridized carbons (Fsp3) is 0.611. The summed E-state index contributed by atoms with van der Waals surface area (Å²) in [7, 11) is 0. The summed E-state index contributed by atoms with van der Waals surface area (Å²) >= 11 is 0. The molecule has 1 N–H and O–H groups in total. The first-order valence-corrected chi connectivity index (χ1v) is 8.26. The zero-order valence-corrected chi connectivity index (χ0v) is 14.5. The van der Waals surface area contributed by atoms with Crippen molar-refractivity contribution in [2.45, 2.75) is 58.6 Å². The number of amides is 1. The van der Waals surface area contributed by atoms with Crippen molar-refractivity contribution in [3.05, 3.63) is 29.6 Å². The number of benzene rings is 1. The lowest BCUT2D eigenvalue weighted by Crippen LogP contribution is -2.48. The highest BCUT2D eigenvalue weighted by Gasteiger charge is 2.30. The van der Waals surface area contributed by atoms with Crippen molar-refractivity contribution in [2.75, 3.05) is 18.4 Å². The Morgan fingerprint density at radius 3 is 2.78 bits per heavy atom. The quantitative estimate of drug-likeness (QED) is 0.900. The minimum absolute atomic E-state index is 0.0722. The van der Waals surface area contributed by atoms with E-state index >= 15 is 0 Å². The van der Waals surface area contributed by atoms with Gasteiger partial charge in [0.15, 0.2) is 0 Å². The summed E-state index contributed by atoms with van der Waals surface area (Å²) in [6.07, 6.45) is 2.75. The van der Waals surface area contributed by atoms with Crippen LogP contribution >= 0.6 is 0 Å². The zero-order chi connectivity index (χ0) is 17.0. The Hall–Kier alpha value is -1.78. The number of anilines is 1. The summed E-state index contributed by atoms with van der Waals surface area (Å²) in [6.45, 7) is 8.67. The van der Waals surface area contributed by atoms with E-state index in [-0.39, 0.29) is 18.0 Å². The number of rotatable bonds is 3. The number of hydrogen-bond acceptors (Lipinski definition) is 3. The van der Waals surface area contributed by atoms with E-state index < -0.39 is 5.60 Å². The first kappa shape index (κ1) is 17.6. The van der Waals surface area contributed by atoms with E-state index in [4.69, 9.17) is 4.74 Å². The van der Waals surface area contributed by atoms with Crippen LogP contribution < -0.4 is 5.32 Å². The minimum atomic E-state index is -0.493. The van der Waals surface area contributed by atoms with Crippen LogP contribution in [0.1, 0.15) is 45.6 Å². The molecule has 1 amide bonds. The van der Waals surface area contributed by atoms with Crippen molar-refractivity contribution >= 4 is 11.8 Å². The standard InChI is InChI=1S/C18H27FN2O2/c1-13-8-9-14(11-16(13)19)20-12-15-7-5-6-10-21(15)17(22)23-18(2,3)4/h8-9,11,15,20H,5-7,10,12H2,1-4H3. The second-order valence-corrected chi connectivity index (χ2v) is 7.17. The number of piperidine rings is 1. The van der Waals surface area contributed by atoms with Gasteiger partial charge in [-0.3, -0.25) is 0 Å². The molecule has 0 saturated carbocycles. The lowest BCUT2D eigenvalue weighted by molar-refractivity contribution is 0.0114. The third-order valence-corrected chi connectivity index (χ3v) is 3.97. The Labute approximate surface area is 138 Å². The largest absolute Gasteiger partial charge is 0.444 e. The van der Waals surface area contributed by atoms with Crippen molar-refractivity contribution in [1.29, 1.82) is 0 Å². The van der Waals surface area contributed by atoms with Crippen molar-refractivity contribution in [3.8, 4) is 0 Å². The zero-order valence-electron chi connectivity index (χ0n) is 14.5. The molecule has 0 aliphatic carbocycles. The van der Waals surface area contributed by atoms with Gasteiger partial charge in [-0.1, -0.05) is 6.07 Å². The van der Waals surface area contributed by atoms with Crippen LogP contribution in [-0.4, -0.2) is 35.7 Å². The third kappa shape index (κ3) is 5.12. The number of ether oxygens (including phenoxy) is 1. The number of nitrogens with zero attached hydrogens (tertiary/aromatic N) is 1. The molecule has 5 heteroatoms. The van der Waals surface area contributed by atoms with Gasteiger partial charge in [0.1, 0.15) is 11.4 Å². The summed E-state index contributed by atoms with van der Waals surface area (Å²) in [5.74, 6) is -0.220. The maximum atomic E-state index is 13.6. The van der Waals surface area contributed by atoms with Crippen LogP contribution in [0.5, 0.6) is 0 Å². The number of carbonyl (C=O) groups is 1. The van der Waals surface area contributed by atoms with E-state index in [1.807, 2.05) is 26.8 Å². The fourth-order valence-corrected chi connectivity index (χ4v) is 2.71. The molecular weight excluding hydrogens is 295 g/mol. The molecule has 23 heavy (non-hydrogen) atoms. The summed E-state index contributed by atoms with van der Waals surface area (Å²) in [4.78, 5) is 14.1. The molecule has 1 aromatic carbocycles. The number of hydrogen-bond donors (Lipinski definition) is 1. The second-order valence-electron chi connectivity index (χ2n) is 7.17. The monoisotopic (exact) mass is 322 g/mol. The number of carbonyl (C=O) groups excluding carboxylic acids is 1. The van der Waals surface area contributed by atoms with Gasteiger partial charge in [-0.15, -0.1) is 0 Å². The van der Waals surface area contributed by atoms with Crippen molar-refractivity contribution < 1.29 is 13.9 Å². The van der Waals surface area contributed by atoms with Crippen LogP contribution in [0.25, 0.3) is 0 Å². The Kier molecular flexibility index (Phi) is 5.50. The number of halogens is 1. The number of nitrogens with one attached hydrogen (secondary N) is 1. The number of likely N-dealkylation sites (tertiary alicyclic amines) is 1. The molecule has 0 radical (unpaired) electrons. The highest BCUT2D eigenvalue weighted by Crippen LogP contribution is 2.21. The summed E-state index contributed by atoms with van der Waals surface area (Å²) < 4.78 is 19.1. The maximum Gasteiger partial charge on any atom is 0.410 e. The average molecular weight is 322 g/mol. The molecular formula is C18H27FN2O2. The average Bonchev–Trinajstić information content (AvgIpc) is 2.47. The topological polar surface area (TPSA) is 41.6 Å². The maximum absolute atomic E-state index is 13.6. The van der Waals surface area contributed by atoms with Crippen molar-refractivity contribution in [1.82, 2.24) is 4.90 Å². The van der Waals surface area contributed by atoms with Crippen LogP contribution in [0.15, 0.2) is 18.2 Å². The van der Waals surface area contributed by atoms with Crippen LogP contribution in [0.4, 0.5) is 14.9 Å². The van der Waals surface area contributed by atoms with Gasteiger partial charge < -0.3 is 15.0 Å². The smallest absolute Gasteiger partial charge is 0.410 e. The third-order valence-electron chi connectivity index (χ3n) is 3.97. The highest BCUT2D eigenvalue weighted by atomic mass is 19.1. The summed E-state index contributed by atoms with van der Waals surface area (Å²) in [6, 6.07) is 5.18. The Balaban J connectivity index is 1.98. The first-order valence-electron chi connectivity index (χ1n) is 8.26. The Bertz CT molecular complexity index is 554. The lowest BCUT2D eigenvalue weighted by Gasteiger charge is -2.37. The van der Waals surface area contributed by atoms with E-state index in [2.05, 4.69) is 5.32 Å². The molecule has 1 unspecified atom stereocenters. The molecule has 0 spiro atoms. The highest BCUT2D eigenvalue weighted by molar-refractivity contribution is 5.68. The predicted molar refractivity (Wildman–Crippen MR) is 90.2 cm³/mol. The van der Waals surface area contributed by atoms with Crippen molar-refractivity contribution in [2.24, 2.45) is 0 Å². The molecule has 1 atom stereocenters. The van der Waals surface area contributed by atoms with Crippen LogP contribution in [0.2, 0.25) is 0 Å². The molecule has 0 bridgehead atoms. The van der Waals surface area contributed by atoms with E-state index in [0.717, 1.165) is 24.9 Å². The van der Waals surface area contributed by atoms with Gasteiger partial charge in [-0.05, 0) is 64.7 Å². The summed E-state index contributed by atoms with van der Waals surface area (Å²) in [5.41, 5.74) is 0.874. The molecule has 2 rings (SSSR count). The van der Waals surface area contributed by atoms with Gasteiger partial charge in [0.2, 0.25) is 0 Å². The van der Waals surface area contributed by atoms with Crippen LogP contribution in [-0.2, 0) is 4.74 Å². The molecule has 1 saturated heterocycles. The van der Waals surface area contributed by atoms with E-state index in [0.29, 0.717) is 18.7 Å². The van der Waals surface area contributed by atoms with E-state index in [9.17, 15) is 9.18 Å². The SMILES string of the molecule is Cc1ccc(NCC2CCCCN2C(=O)OC(C)(C)C)cc1F. The van der Waals surface area contributed by atoms with Gasteiger partial charge in [0, 0.05) is 18.8 Å². The van der Waals surface area contributed by atoms with Gasteiger partial charge in [0.05, 0.1) is 6.04 Å². The van der Waals surface area contributed by atoms with Crippen LogP contribution in [0.3, 0.4) is 0 Å². The normalized spacial score (nSPS) is 18.7.